The van der Waals surface area contributed by atoms with Crippen LogP contribution in [0.25, 0.3) is 22.0 Å². The van der Waals surface area contributed by atoms with Crippen molar-refractivity contribution in [1.82, 2.24) is 14.6 Å². The number of hydrogen-bond acceptors (Lipinski definition) is 5. The Balaban J connectivity index is 1.59. The van der Waals surface area contributed by atoms with Crippen LogP contribution in [0, 0.1) is 0 Å². The van der Waals surface area contributed by atoms with Crippen molar-refractivity contribution in [1.29, 1.82) is 0 Å². The van der Waals surface area contributed by atoms with Crippen LogP contribution in [-0.2, 0) is 6.42 Å². The third-order valence-electron chi connectivity index (χ3n) is 5.84. The normalized spacial score (nSPS) is 12.1. The number of hydrogen-bond donors (Lipinski definition) is 3. The van der Waals surface area contributed by atoms with Crippen LogP contribution in [0.15, 0.2) is 77.8 Å². The number of amides is 1. The number of aromatic amines is 1. The summed E-state index contributed by atoms with van der Waals surface area (Å²) in [5, 5.41) is 14.2. The SMILES string of the molecule is CCCOc1ccc(-c2cccc(SN(C)C)c2)cc1C(=O)N[C@@H](CO)Cc1c[nH]c2ccccc12. The Labute approximate surface area is 216 Å². The van der Waals surface area contributed by atoms with Gasteiger partial charge in [-0.1, -0.05) is 43.3 Å². The van der Waals surface area contributed by atoms with Crippen molar-refractivity contribution >= 4 is 28.8 Å². The molecule has 1 amide bonds. The minimum atomic E-state index is -0.431. The molecule has 0 spiro atoms. The van der Waals surface area contributed by atoms with Crippen molar-refractivity contribution in [3.8, 4) is 16.9 Å². The van der Waals surface area contributed by atoms with E-state index in [0.29, 0.717) is 24.3 Å². The van der Waals surface area contributed by atoms with E-state index in [1.54, 1.807) is 11.9 Å². The molecule has 0 aliphatic rings. The molecule has 1 atom stereocenters. The molecule has 0 saturated heterocycles. The van der Waals surface area contributed by atoms with Gasteiger partial charge < -0.3 is 20.1 Å². The minimum Gasteiger partial charge on any atom is -0.493 e. The number of benzene rings is 3. The summed E-state index contributed by atoms with van der Waals surface area (Å²) in [4.78, 5) is 17.8. The van der Waals surface area contributed by atoms with Crippen LogP contribution in [0.3, 0.4) is 0 Å². The quantitative estimate of drug-likeness (QED) is 0.235. The molecule has 1 heterocycles. The largest absolute Gasteiger partial charge is 0.493 e. The zero-order valence-corrected chi connectivity index (χ0v) is 21.8. The molecule has 4 rings (SSSR count). The second kappa shape index (κ2) is 12.1. The van der Waals surface area contributed by atoms with Gasteiger partial charge in [-0.25, -0.2) is 0 Å². The van der Waals surface area contributed by atoms with E-state index in [4.69, 9.17) is 4.74 Å². The Morgan fingerprint density at radius 1 is 1.08 bits per heavy atom. The highest BCUT2D eigenvalue weighted by Crippen LogP contribution is 2.30. The highest BCUT2D eigenvalue weighted by atomic mass is 32.2. The highest BCUT2D eigenvalue weighted by molar-refractivity contribution is 7.97. The summed E-state index contributed by atoms with van der Waals surface area (Å²) in [5.74, 6) is 0.279. The summed E-state index contributed by atoms with van der Waals surface area (Å²) in [6.07, 6.45) is 3.29. The van der Waals surface area contributed by atoms with Gasteiger partial charge in [-0.3, -0.25) is 9.10 Å². The van der Waals surface area contributed by atoms with Gasteiger partial charge in [0.1, 0.15) is 5.75 Å². The first-order valence-electron chi connectivity index (χ1n) is 12.2. The molecule has 3 N–H and O–H groups in total. The minimum absolute atomic E-state index is 0.167. The third kappa shape index (κ3) is 6.29. The van der Waals surface area contributed by atoms with Gasteiger partial charge in [0.25, 0.3) is 5.91 Å². The average Bonchev–Trinajstić information content (AvgIpc) is 3.29. The molecule has 0 bridgehead atoms. The van der Waals surface area contributed by atoms with E-state index in [-0.39, 0.29) is 12.5 Å². The van der Waals surface area contributed by atoms with Crippen LogP contribution < -0.4 is 10.1 Å². The number of para-hydroxylation sites is 1. The van der Waals surface area contributed by atoms with Gasteiger partial charge in [0.05, 0.1) is 24.8 Å². The lowest BCUT2D eigenvalue weighted by atomic mass is 10.0. The molecule has 36 heavy (non-hydrogen) atoms. The number of H-pyrrole nitrogens is 1. The molecule has 0 aliphatic heterocycles. The number of aromatic nitrogens is 1. The average molecular weight is 504 g/mol. The first kappa shape index (κ1) is 25.8. The van der Waals surface area contributed by atoms with E-state index in [9.17, 15) is 9.90 Å². The topological polar surface area (TPSA) is 77.6 Å². The molecule has 0 saturated carbocycles. The maximum atomic E-state index is 13.5. The monoisotopic (exact) mass is 503 g/mol. The Kier molecular flexibility index (Phi) is 8.70. The number of rotatable bonds is 11. The number of carbonyl (C=O) groups excluding carboxylic acids is 1. The molecule has 4 aromatic rings. The zero-order valence-electron chi connectivity index (χ0n) is 21.0. The summed E-state index contributed by atoms with van der Waals surface area (Å²) in [7, 11) is 4.01. The van der Waals surface area contributed by atoms with Crippen LogP contribution in [0.2, 0.25) is 0 Å². The molecule has 0 radical (unpaired) electrons. The number of aliphatic hydroxyl groups excluding tert-OH is 1. The van der Waals surface area contributed by atoms with Crippen molar-refractivity contribution in [2.75, 3.05) is 27.3 Å². The fourth-order valence-corrected chi connectivity index (χ4v) is 4.90. The zero-order chi connectivity index (χ0) is 25.5. The van der Waals surface area contributed by atoms with E-state index in [1.807, 2.05) is 86.1 Å². The number of aliphatic hydroxyl groups is 1. The van der Waals surface area contributed by atoms with Crippen LogP contribution in [0.1, 0.15) is 29.3 Å². The summed E-state index contributed by atoms with van der Waals surface area (Å²) in [6.45, 7) is 2.39. The van der Waals surface area contributed by atoms with Gasteiger partial charge in [-0.05, 0) is 85.9 Å². The number of carbonyl (C=O) groups is 1. The predicted molar refractivity (Wildman–Crippen MR) is 148 cm³/mol. The van der Waals surface area contributed by atoms with Crippen molar-refractivity contribution in [2.45, 2.75) is 30.7 Å². The lowest BCUT2D eigenvalue weighted by Gasteiger charge is -2.18. The molecule has 188 valence electrons. The molecule has 0 aliphatic carbocycles. The molecule has 0 unspecified atom stereocenters. The molecule has 3 aromatic carbocycles. The van der Waals surface area contributed by atoms with Crippen LogP contribution in [0.5, 0.6) is 5.75 Å². The smallest absolute Gasteiger partial charge is 0.255 e. The van der Waals surface area contributed by atoms with Crippen molar-refractivity contribution in [2.24, 2.45) is 0 Å². The van der Waals surface area contributed by atoms with Crippen LogP contribution >= 0.6 is 11.9 Å². The Morgan fingerprint density at radius 2 is 1.89 bits per heavy atom. The van der Waals surface area contributed by atoms with Gasteiger partial charge in [0, 0.05) is 22.0 Å². The Morgan fingerprint density at radius 3 is 2.67 bits per heavy atom. The maximum absolute atomic E-state index is 13.5. The van der Waals surface area contributed by atoms with Crippen LogP contribution in [-0.4, -0.2) is 53.7 Å². The lowest BCUT2D eigenvalue weighted by Crippen LogP contribution is -2.39. The summed E-state index contributed by atoms with van der Waals surface area (Å²) < 4.78 is 7.96. The lowest BCUT2D eigenvalue weighted by molar-refractivity contribution is 0.0912. The summed E-state index contributed by atoms with van der Waals surface area (Å²) in [5.41, 5.74) is 4.51. The van der Waals surface area contributed by atoms with Gasteiger partial charge in [0.2, 0.25) is 0 Å². The third-order valence-corrected chi connectivity index (χ3v) is 6.67. The van der Waals surface area contributed by atoms with Gasteiger partial charge in [-0.15, -0.1) is 0 Å². The first-order valence-corrected chi connectivity index (χ1v) is 12.9. The number of nitrogens with zero attached hydrogens (tertiary/aromatic N) is 1. The first-order chi connectivity index (χ1) is 17.5. The second-order valence-electron chi connectivity index (χ2n) is 8.91. The summed E-state index contributed by atoms with van der Waals surface area (Å²) >= 11 is 1.64. The molecular weight excluding hydrogens is 470 g/mol. The molecular formula is C29H33N3O3S. The van der Waals surface area contributed by atoms with Crippen molar-refractivity contribution in [3.63, 3.8) is 0 Å². The predicted octanol–water partition coefficient (Wildman–Crippen LogP) is 5.53. The number of fused-ring (bicyclic) bond motifs is 1. The summed E-state index contributed by atoms with van der Waals surface area (Å²) in [6, 6.07) is 21.5. The van der Waals surface area contributed by atoms with Crippen LogP contribution in [0.4, 0.5) is 0 Å². The fourth-order valence-electron chi connectivity index (χ4n) is 4.16. The number of ether oxygens (including phenoxy) is 1. The van der Waals surface area contributed by atoms with Gasteiger partial charge in [0.15, 0.2) is 0 Å². The molecule has 7 heteroatoms. The van der Waals surface area contributed by atoms with E-state index < -0.39 is 6.04 Å². The molecule has 1 aromatic heterocycles. The van der Waals surface area contributed by atoms with Crippen molar-refractivity contribution < 1.29 is 14.6 Å². The second-order valence-corrected chi connectivity index (χ2v) is 10.3. The Hall–Kier alpha value is -3.26. The van der Waals surface area contributed by atoms with Crippen molar-refractivity contribution in [3.05, 3.63) is 84.1 Å². The van der Waals surface area contributed by atoms with E-state index >= 15 is 0 Å². The molecule has 0 fully saturated rings. The Bertz CT molecular complexity index is 1320. The molecule has 6 nitrogen and oxygen atoms in total. The highest BCUT2D eigenvalue weighted by Gasteiger charge is 2.20. The van der Waals surface area contributed by atoms with Gasteiger partial charge >= 0.3 is 0 Å². The maximum Gasteiger partial charge on any atom is 0.255 e. The van der Waals surface area contributed by atoms with E-state index in [2.05, 4.69) is 22.4 Å². The van der Waals surface area contributed by atoms with E-state index in [0.717, 1.165) is 38.9 Å². The standard InChI is InChI=1S/C29H33N3O3S/c1-4-14-35-28-13-12-21(20-8-7-9-24(16-20)36-32(2)3)17-26(28)29(34)31-23(19-33)15-22-18-30-27-11-6-5-10-25(22)27/h5-13,16-18,23,30,33H,4,14-15,19H2,1-3H3,(H,31,34)/t23-/m1/s1. The number of nitrogens with one attached hydrogen (secondary N) is 2. The fraction of sp³-hybridized carbons (Fsp3) is 0.276. The van der Waals surface area contributed by atoms with E-state index in [1.165, 1.54) is 0 Å². The van der Waals surface area contributed by atoms with Gasteiger partial charge in [-0.2, -0.15) is 0 Å².